The Hall–Kier alpha value is -2.39. The number of aromatic nitrogens is 2. The maximum atomic E-state index is 13.3. The molecule has 0 bridgehead atoms. The van der Waals surface area contributed by atoms with E-state index < -0.39 is 29.1 Å². The summed E-state index contributed by atoms with van der Waals surface area (Å²) < 4.78 is 13.3. The number of benzene rings is 1. The smallest absolute Gasteiger partial charge is 0.257 e. The summed E-state index contributed by atoms with van der Waals surface area (Å²) in [4.78, 5) is 44.1. The number of fused-ring (bicyclic) bond motifs is 1. The molecule has 10 heteroatoms. The molecule has 2 heterocycles. The lowest BCUT2D eigenvalue weighted by atomic mass is 9.92. The summed E-state index contributed by atoms with van der Waals surface area (Å²) in [6.07, 6.45) is 0.697. The minimum atomic E-state index is -1.01. The monoisotopic (exact) mass is 410 g/mol. The number of hydrogen-bond acceptors (Lipinski definition) is 5. The molecule has 1 atom stereocenters. The first-order chi connectivity index (χ1) is 12.9. The lowest BCUT2D eigenvalue weighted by Gasteiger charge is -2.23. The van der Waals surface area contributed by atoms with Gasteiger partial charge in [-0.15, -0.1) is 0 Å². The highest BCUT2D eigenvalue weighted by atomic mass is 35.5. The molecule has 0 aliphatic carbocycles. The first kappa shape index (κ1) is 19.4. The van der Waals surface area contributed by atoms with E-state index in [1.807, 2.05) is 6.92 Å². The van der Waals surface area contributed by atoms with Gasteiger partial charge in [-0.2, -0.15) is 0 Å². The Morgan fingerprint density at radius 1 is 1.44 bits per heavy atom. The van der Waals surface area contributed by atoms with Crippen LogP contribution in [-0.4, -0.2) is 27.5 Å². The van der Waals surface area contributed by atoms with Crippen molar-refractivity contribution in [3.8, 4) is 0 Å². The van der Waals surface area contributed by atoms with Crippen molar-refractivity contribution in [2.75, 3.05) is 16.4 Å². The number of anilines is 2. The molecule has 1 aliphatic rings. The Bertz CT molecular complexity index is 966. The fraction of sp³-hybridized carbons (Fsp3) is 0.294. The Morgan fingerprint density at radius 2 is 2.22 bits per heavy atom. The molecular formula is C17H16ClFN4O3S. The zero-order chi connectivity index (χ0) is 19.6. The van der Waals surface area contributed by atoms with Crippen LogP contribution in [0.2, 0.25) is 5.02 Å². The Kier molecular flexibility index (Phi) is 5.81. The lowest BCUT2D eigenvalue weighted by Crippen LogP contribution is -2.36. The third-order valence-corrected chi connectivity index (χ3v) is 5.24. The van der Waals surface area contributed by atoms with E-state index >= 15 is 0 Å². The van der Waals surface area contributed by atoms with Crippen molar-refractivity contribution < 1.29 is 14.0 Å². The van der Waals surface area contributed by atoms with Crippen molar-refractivity contribution in [3.63, 3.8) is 0 Å². The predicted molar refractivity (Wildman–Crippen MR) is 102 cm³/mol. The Labute approximate surface area is 163 Å². The second kappa shape index (κ2) is 8.10. The van der Waals surface area contributed by atoms with Gasteiger partial charge in [0.25, 0.3) is 5.56 Å². The van der Waals surface area contributed by atoms with Gasteiger partial charge in [-0.3, -0.25) is 14.4 Å². The topological polar surface area (TPSA) is 104 Å². The molecule has 2 amide bonds. The van der Waals surface area contributed by atoms with Gasteiger partial charge in [0.15, 0.2) is 5.16 Å². The van der Waals surface area contributed by atoms with E-state index in [1.165, 1.54) is 23.9 Å². The molecule has 1 aliphatic heterocycles. The average molecular weight is 411 g/mol. The number of rotatable bonds is 5. The number of halogens is 2. The van der Waals surface area contributed by atoms with Crippen LogP contribution in [0.3, 0.4) is 0 Å². The van der Waals surface area contributed by atoms with E-state index in [-0.39, 0.29) is 28.5 Å². The Morgan fingerprint density at radius 3 is 2.93 bits per heavy atom. The highest BCUT2D eigenvalue weighted by Gasteiger charge is 2.34. The summed E-state index contributed by atoms with van der Waals surface area (Å²) in [5, 5.41) is 5.35. The van der Waals surface area contributed by atoms with Crippen LogP contribution >= 0.6 is 23.4 Å². The van der Waals surface area contributed by atoms with Crippen LogP contribution in [0.4, 0.5) is 15.9 Å². The van der Waals surface area contributed by atoms with Crippen LogP contribution in [0, 0.1) is 5.82 Å². The zero-order valence-electron chi connectivity index (χ0n) is 14.3. The average Bonchev–Trinajstić information content (AvgIpc) is 2.62. The number of amides is 2. The molecule has 0 unspecified atom stereocenters. The van der Waals surface area contributed by atoms with Gasteiger partial charge >= 0.3 is 0 Å². The molecule has 0 spiro atoms. The molecule has 0 fully saturated rings. The molecule has 3 N–H and O–H groups in total. The van der Waals surface area contributed by atoms with Crippen molar-refractivity contribution in [2.24, 2.45) is 0 Å². The van der Waals surface area contributed by atoms with Crippen LogP contribution in [0.25, 0.3) is 0 Å². The molecule has 0 saturated heterocycles. The quantitative estimate of drug-likeness (QED) is 0.519. The summed E-state index contributed by atoms with van der Waals surface area (Å²) in [6, 6.07) is 3.71. The first-order valence-electron chi connectivity index (χ1n) is 8.21. The highest BCUT2D eigenvalue weighted by molar-refractivity contribution is 7.99. The van der Waals surface area contributed by atoms with Gasteiger partial charge in [0, 0.05) is 17.9 Å². The summed E-state index contributed by atoms with van der Waals surface area (Å²) in [6.45, 7) is 1.99. The maximum Gasteiger partial charge on any atom is 0.257 e. The van der Waals surface area contributed by atoms with E-state index in [0.717, 1.165) is 18.2 Å². The molecule has 7 nitrogen and oxygen atoms in total. The fourth-order valence-corrected chi connectivity index (χ4v) is 3.54. The molecule has 3 rings (SSSR count). The lowest BCUT2D eigenvalue weighted by molar-refractivity contribution is -0.123. The van der Waals surface area contributed by atoms with Crippen LogP contribution in [0.1, 0.15) is 31.2 Å². The number of aromatic amines is 1. The number of hydrogen-bond donors (Lipinski definition) is 3. The third kappa shape index (κ3) is 4.30. The first-order valence-corrected chi connectivity index (χ1v) is 9.58. The number of thioether (sulfide) groups is 1. The van der Waals surface area contributed by atoms with Gasteiger partial charge < -0.3 is 15.6 Å². The summed E-state index contributed by atoms with van der Waals surface area (Å²) in [5.41, 5.74) is -0.115. The van der Waals surface area contributed by atoms with E-state index in [2.05, 4.69) is 20.6 Å². The van der Waals surface area contributed by atoms with Crippen LogP contribution in [0.5, 0.6) is 0 Å². The van der Waals surface area contributed by atoms with E-state index in [9.17, 15) is 18.8 Å². The van der Waals surface area contributed by atoms with Crippen LogP contribution < -0.4 is 16.2 Å². The number of carbonyl (C=O) groups is 2. The second-order valence-corrected chi connectivity index (χ2v) is 7.40. The number of H-pyrrole nitrogens is 1. The predicted octanol–water partition coefficient (Wildman–Crippen LogP) is 3.13. The van der Waals surface area contributed by atoms with Gasteiger partial charge in [0.1, 0.15) is 11.6 Å². The SMILES string of the molecule is CCCSc1nc2c(c(=O)[nH]1)[C@@H](C(=O)Nc1ccc(F)c(Cl)c1)CC(=O)N2. The minimum Gasteiger partial charge on any atom is -0.325 e. The van der Waals surface area contributed by atoms with Gasteiger partial charge in [0.2, 0.25) is 11.8 Å². The summed E-state index contributed by atoms with van der Waals surface area (Å²) in [5.74, 6) is -1.77. The van der Waals surface area contributed by atoms with Crippen LogP contribution in [-0.2, 0) is 9.59 Å². The maximum absolute atomic E-state index is 13.3. The standard InChI is InChI=1S/C17H16ClFN4O3S/c1-2-5-27-17-22-14-13(16(26)23-17)9(7-12(24)21-14)15(25)20-8-3-4-11(19)10(18)6-8/h3-4,6,9H,2,5,7H2,1H3,(H,20,25)(H2,21,22,23,24,26)/t9-/m0/s1. The molecule has 0 saturated carbocycles. The molecule has 1 aromatic heterocycles. The fourth-order valence-electron chi connectivity index (χ4n) is 2.64. The minimum absolute atomic E-state index is 0.0888. The molecular weight excluding hydrogens is 395 g/mol. The number of nitrogens with one attached hydrogen (secondary N) is 3. The Balaban J connectivity index is 1.90. The van der Waals surface area contributed by atoms with Gasteiger partial charge in [-0.1, -0.05) is 30.3 Å². The van der Waals surface area contributed by atoms with Crippen molar-refractivity contribution in [2.45, 2.75) is 30.8 Å². The van der Waals surface area contributed by atoms with Gasteiger partial charge in [0.05, 0.1) is 16.5 Å². The van der Waals surface area contributed by atoms with Crippen molar-refractivity contribution in [3.05, 3.63) is 45.0 Å². The normalized spacial score (nSPS) is 15.8. The number of nitrogens with zero attached hydrogens (tertiary/aromatic N) is 1. The van der Waals surface area contributed by atoms with Gasteiger partial charge in [-0.05, 0) is 24.6 Å². The third-order valence-electron chi connectivity index (χ3n) is 3.88. The summed E-state index contributed by atoms with van der Waals surface area (Å²) in [7, 11) is 0. The van der Waals surface area contributed by atoms with E-state index in [0.29, 0.717) is 5.16 Å². The largest absolute Gasteiger partial charge is 0.325 e. The number of carbonyl (C=O) groups excluding carboxylic acids is 2. The molecule has 142 valence electrons. The van der Waals surface area contributed by atoms with Crippen LogP contribution in [0.15, 0.2) is 28.2 Å². The molecule has 2 aromatic rings. The second-order valence-electron chi connectivity index (χ2n) is 5.90. The van der Waals surface area contributed by atoms with Crippen molar-refractivity contribution in [1.82, 2.24) is 9.97 Å². The highest BCUT2D eigenvalue weighted by Crippen LogP contribution is 2.31. The van der Waals surface area contributed by atoms with Crippen molar-refractivity contribution in [1.29, 1.82) is 0 Å². The summed E-state index contributed by atoms with van der Waals surface area (Å²) >= 11 is 7.07. The van der Waals surface area contributed by atoms with Crippen molar-refractivity contribution >= 4 is 46.7 Å². The molecule has 1 aromatic carbocycles. The van der Waals surface area contributed by atoms with E-state index in [1.54, 1.807) is 0 Å². The van der Waals surface area contributed by atoms with Gasteiger partial charge in [-0.25, -0.2) is 9.37 Å². The molecule has 0 radical (unpaired) electrons. The zero-order valence-corrected chi connectivity index (χ0v) is 15.8. The molecule has 27 heavy (non-hydrogen) atoms. The van der Waals surface area contributed by atoms with E-state index in [4.69, 9.17) is 11.6 Å².